The van der Waals surface area contributed by atoms with Gasteiger partial charge in [-0.15, -0.1) is 0 Å². The number of amides is 1. The zero-order valence-electron chi connectivity index (χ0n) is 20.7. The third-order valence-corrected chi connectivity index (χ3v) is 6.39. The van der Waals surface area contributed by atoms with Gasteiger partial charge in [-0.25, -0.2) is 0 Å². The lowest BCUT2D eigenvalue weighted by Crippen LogP contribution is -2.30. The normalized spacial score (nSPS) is 12.7. The lowest BCUT2D eigenvalue weighted by atomic mass is 10.0. The number of hydrogen-bond acceptors (Lipinski definition) is 4. The van der Waals surface area contributed by atoms with Crippen LogP contribution in [0.1, 0.15) is 33.4 Å². The molecule has 6 heteroatoms. The number of nitrogens with zero attached hydrogens (tertiary/aromatic N) is 3. The lowest BCUT2D eigenvalue weighted by molar-refractivity contribution is -0.117. The molecule has 0 saturated carbocycles. The predicted octanol–water partition coefficient (Wildman–Crippen LogP) is 4.73. The van der Waals surface area contributed by atoms with Crippen molar-refractivity contribution < 1.29 is 9.90 Å². The molecule has 0 fully saturated rings. The minimum Gasteiger partial charge on any atom is -0.396 e. The summed E-state index contributed by atoms with van der Waals surface area (Å²) in [6, 6.07) is 19.0. The van der Waals surface area contributed by atoms with E-state index in [0.29, 0.717) is 12.1 Å². The van der Waals surface area contributed by atoms with Gasteiger partial charge in [0.1, 0.15) is 11.6 Å². The van der Waals surface area contributed by atoms with Crippen LogP contribution in [0.4, 0.5) is 5.69 Å². The number of nitriles is 1. The monoisotopic (exact) mass is 458 g/mol. The molecule has 3 rings (SSSR count). The maximum atomic E-state index is 12.6. The zero-order valence-corrected chi connectivity index (χ0v) is 20.7. The average Bonchev–Trinajstić information content (AvgIpc) is 3.24. The van der Waals surface area contributed by atoms with Gasteiger partial charge in [0.15, 0.2) is 0 Å². The largest absolute Gasteiger partial charge is 0.396 e. The first kappa shape index (κ1) is 25.1. The predicted molar refractivity (Wildman–Crippen MR) is 139 cm³/mol. The zero-order chi connectivity index (χ0) is 24.8. The van der Waals surface area contributed by atoms with Crippen LogP contribution in [0.25, 0.3) is 27.6 Å². The highest BCUT2D eigenvalue weighted by molar-refractivity contribution is 6.04. The summed E-state index contributed by atoms with van der Waals surface area (Å²) in [4.78, 5) is 14.9. The molecule has 0 saturated heterocycles. The molecule has 2 N–H and O–H groups in total. The van der Waals surface area contributed by atoms with Crippen molar-refractivity contribution in [1.82, 2.24) is 9.88 Å². The maximum Gasteiger partial charge on any atom is 0.262 e. The Morgan fingerprint density at radius 2 is 1.79 bits per heavy atom. The molecule has 3 aromatic rings. The standard InChI is InChI=1S/C28H34N4O2/c1-6-32(7-2)24-11-10-21-14-23(9-8-22(21)15-24)27-13-12-26(31(27)5)20(4)25(16-29)28(34)30-17-19(3)18-33/h8-15,19,33H,6-7,17-18H2,1-5H3,(H,30,34)/b25-20+. The molecule has 34 heavy (non-hydrogen) atoms. The summed E-state index contributed by atoms with van der Waals surface area (Å²) < 4.78 is 2.02. The van der Waals surface area contributed by atoms with Gasteiger partial charge in [-0.1, -0.05) is 25.1 Å². The Balaban J connectivity index is 1.93. The molecule has 1 heterocycles. The van der Waals surface area contributed by atoms with Crippen LogP contribution in [0.5, 0.6) is 0 Å². The summed E-state index contributed by atoms with van der Waals surface area (Å²) in [7, 11) is 1.95. The first-order valence-corrected chi connectivity index (χ1v) is 11.8. The number of nitrogens with one attached hydrogen (secondary N) is 1. The number of fused-ring (bicyclic) bond motifs is 1. The number of allylic oxidation sites excluding steroid dienone is 1. The van der Waals surface area contributed by atoms with Gasteiger partial charge in [-0.05, 0) is 78.9 Å². The first-order valence-electron chi connectivity index (χ1n) is 11.8. The molecule has 0 aliphatic heterocycles. The van der Waals surface area contributed by atoms with E-state index >= 15 is 0 Å². The molecule has 178 valence electrons. The number of anilines is 1. The second-order valence-electron chi connectivity index (χ2n) is 8.69. The smallest absolute Gasteiger partial charge is 0.262 e. The van der Waals surface area contributed by atoms with Gasteiger partial charge in [0, 0.05) is 50.4 Å². The van der Waals surface area contributed by atoms with E-state index in [4.69, 9.17) is 0 Å². The minimum atomic E-state index is -0.419. The Hall–Kier alpha value is -3.56. The van der Waals surface area contributed by atoms with E-state index in [1.165, 1.54) is 16.5 Å². The lowest BCUT2D eigenvalue weighted by Gasteiger charge is -2.21. The van der Waals surface area contributed by atoms with Crippen molar-refractivity contribution in [3.8, 4) is 17.3 Å². The van der Waals surface area contributed by atoms with Crippen molar-refractivity contribution in [3.05, 3.63) is 59.8 Å². The van der Waals surface area contributed by atoms with Crippen LogP contribution in [-0.2, 0) is 11.8 Å². The molecule has 6 nitrogen and oxygen atoms in total. The number of aliphatic hydroxyl groups is 1. The summed E-state index contributed by atoms with van der Waals surface area (Å²) >= 11 is 0. The Morgan fingerprint density at radius 3 is 2.44 bits per heavy atom. The molecular weight excluding hydrogens is 424 g/mol. The van der Waals surface area contributed by atoms with Crippen molar-refractivity contribution in [1.29, 1.82) is 5.26 Å². The number of carbonyl (C=O) groups is 1. The molecule has 1 aromatic heterocycles. The van der Waals surface area contributed by atoms with Gasteiger partial charge in [-0.3, -0.25) is 4.79 Å². The van der Waals surface area contributed by atoms with Gasteiger partial charge in [-0.2, -0.15) is 5.26 Å². The molecule has 0 spiro atoms. The van der Waals surface area contributed by atoms with Crippen molar-refractivity contribution in [2.45, 2.75) is 27.7 Å². The average molecular weight is 459 g/mol. The SMILES string of the molecule is CCN(CC)c1ccc2cc(-c3ccc(/C(C)=C(\C#N)C(=O)NCC(C)CO)n3C)ccc2c1. The molecule has 0 aliphatic carbocycles. The number of rotatable bonds is 9. The molecule has 0 radical (unpaired) electrons. The van der Waals surface area contributed by atoms with Crippen LogP contribution < -0.4 is 10.2 Å². The van der Waals surface area contributed by atoms with E-state index in [9.17, 15) is 15.2 Å². The fraction of sp³-hybridized carbons (Fsp3) is 0.357. The summed E-state index contributed by atoms with van der Waals surface area (Å²) in [5.41, 5.74) is 4.83. The van der Waals surface area contributed by atoms with Gasteiger partial charge < -0.3 is 19.9 Å². The van der Waals surface area contributed by atoms with E-state index in [1.54, 1.807) is 6.92 Å². The second kappa shape index (κ2) is 11.0. The molecule has 0 aliphatic rings. The molecule has 2 aromatic carbocycles. The summed E-state index contributed by atoms with van der Waals surface area (Å²) in [6.07, 6.45) is 0. The first-order chi connectivity index (χ1) is 16.3. The number of benzene rings is 2. The fourth-order valence-corrected chi connectivity index (χ4v) is 4.21. The molecular formula is C28H34N4O2. The summed E-state index contributed by atoms with van der Waals surface area (Å²) in [5.74, 6) is -0.486. The van der Waals surface area contributed by atoms with Gasteiger partial charge in [0.2, 0.25) is 0 Å². The quantitative estimate of drug-likeness (QED) is 0.359. The number of aliphatic hydroxyl groups excluding tert-OH is 1. The Labute approximate surface area is 202 Å². The van der Waals surface area contributed by atoms with Crippen LogP contribution in [0.3, 0.4) is 0 Å². The van der Waals surface area contributed by atoms with Crippen LogP contribution in [0, 0.1) is 17.2 Å². The third kappa shape index (κ3) is 5.16. The van der Waals surface area contributed by atoms with Crippen molar-refractivity contribution >= 4 is 27.9 Å². The van der Waals surface area contributed by atoms with E-state index in [1.807, 2.05) is 30.7 Å². The van der Waals surface area contributed by atoms with Gasteiger partial charge >= 0.3 is 0 Å². The van der Waals surface area contributed by atoms with Crippen molar-refractivity contribution in [2.24, 2.45) is 13.0 Å². The van der Waals surface area contributed by atoms with Crippen LogP contribution in [0.2, 0.25) is 0 Å². The van der Waals surface area contributed by atoms with E-state index < -0.39 is 5.91 Å². The van der Waals surface area contributed by atoms with Crippen LogP contribution >= 0.6 is 0 Å². The van der Waals surface area contributed by atoms with E-state index in [2.05, 4.69) is 66.5 Å². The van der Waals surface area contributed by atoms with Crippen molar-refractivity contribution in [2.75, 3.05) is 31.1 Å². The van der Waals surface area contributed by atoms with Crippen LogP contribution in [0.15, 0.2) is 54.1 Å². The Morgan fingerprint density at radius 1 is 1.12 bits per heavy atom. The highest BCUT2D eigenvalue weighted by Gasteiger charge is 2.18. The van der Waals surface area contributed by atoms with Crippen molar-refractivity contribution in [3.63, 3.8) is 0 Å². The highest BCUT2D eigenvalue weighted by Crippen LogP contribution is 2.30. The molecule has 0 bridgehead atoms. The van der Waals surface area contributed by atoms with E-state index in [-0.39, 0.29) is 18.1 Å². The number of carbonyl (C=O) groups excluding carboxylic acids is 1. The topological polar surface area (TPSA) is 81.3 Å². The molecule has 1 unspecified atom stereocenters. The maximum absolute atomic E-state index is 12.6. The number of aromatic nitrogens is 1. The third-order valence-electron chi connectivity index (χ3n) is 6.39. The summed E-state index contributed by atoms with van der Waals surface area (Å²) in [5, 5.41) is 23.9. The second-order valence-corrected chi connectivity index (χ2v) is 8.69. The van der Waals surface area contributed by atoms with Crippen LogP contribution in [-0.4, -0.2) is 41.8 Å². The fourth-order valence-electron chi connectivity index (χ4n) is 4.21. The Kier molecular flexibility index (Phi) is 8.14. The van der Waals surface area contributed by atoms with Gasteiger partial charge in [0.05, 0.1) is 0 Å². The summed E-state index contributed by atoms with van der Waals surface area (Å²) in [6.45, 7) is 10.2. The number of hydrogen-bond donors (Lipinski definition) is 2. The minimum absolute atomic E-state index is 0.0193. The molecule has 1 atom stereocenters. The Bertz CT molecular complexity index is 1250. The highest BCUT2D eigenvalue weighted by atomic mass is 16.3. The van der Waals surface area contributed by atoms with E-state index in [0.717, 1.165) is 30.0 Å². The molecule has 1 amide bonds. The van der Waals surface area contributed by atoms with Gasteiger partial charge in [0.25, 0.3) is 5.91 Å².